The quantitative estimate of drug-likeness (QED) is 0.687. The van der Waals surface area contributed by atoms with Crippen LogP contribution in [0.15, 0.2) is 0 Å². The second-order valence-corrected chi connectivity index (χ2v) is 3.78. The minimum absolute atomic E-state index is 0.806. The average Bonchev–Trinajstić information content (AvgIpc) is 2.56. The Morgan fingerprint density at radius 2 is 1.67 bits per heavy atom. The molecule has 0 aromatic carbocycles. The first-order valence-electron chi connectivity index (χ1n) is 5.52. The summed E-state index contributed by atoms with van der Waals surface area (Å²) in [7, 11) is 0. The van der Waals surface area contributed by atoms with Gasteiger partial charge in [0.05, 0.1) is 0 Å². The summed E-state index contributed by atoms with van der Waals surface area (Å²) in [6, 6.07) is 0.849. The maximum absolute atomic E-state index is 3.58. The van der Waals surface area contributed by atoms with Crippen molar-refractivity contribution < 1.29 is 0 Å². The highest BCUT2D eigenvalue weighted by atomic mass is 14.9. The number of rotatable bonds is 3. The van der Waals surface area contributed by atoms with Crippen LogP contribution in [0.3, 0.4) is 0 Å². The molecule has 0 heterocycles. The molecule has 0 bridgehead atoms. The molecule has 12 heavy (non-hydrogen) atoms. The molecule has 1 saturated carbocycles. The van der Waals surface area contributed by atoms with Gasteiger partial charge in [-0.05, 0) is 25.3 Å². The van der Waals surface area contributed by atoms with Crippen molar-refractivity contribution in [3.05, 3.63) is 0 Å². The standard InChI is InChI=1S/C9H19N.C2H6/c1-8(2)7-10-9-5-3-4-6-9;1-2/h8-10H,3-7H2,1-2H3;1-2H3. The maximum atomic E-state index is 3.58. The Morgan fingerprint density at radius 3 is 2.08 bits per heavy atom. The first-order valence-corrected chi connectivity index (χ1v) is 5.52. The van der Waals surface area contributed by atoms with Gasteiger partial charge in [0.2, 0.25) is 0 Å². The van der Waals surface area contributed by atoms with Crippen molar-refractivity contribution in [1.82, 2.24) is 5.32 Å². The molecule has 0 spiro atoms. The lowest BCUT2D eigenvalue weighted by atomic mass is 10.2. The van der Waals surface area contributed by atoms with Gasteiger partial charge in [-0.3, -0.25) is 0 Å². The van der Waals surface area contributed by atoms with Crippen LogP contribution in [-0.4, -0.2) is 12.6 Å². The van der Waals surface area contributed by atoms with Crippen molar-refractivity contribution in [2.24, 2.45) is 5.92 Å². The zero-order valence-corrected chi connectivity index (χ0v) is 9.19. The monoisotopic (exact) mass is 171 g/mol. The largest absolute Gasteiger partial charge is 0.314 e. The Kier molecular flexibility index (Phi) is 7.58. The van der Waals surface area contributed by atoms with Crippen LogP contribution in [0.4, 0.5) is 0 Å². The van der Waals surface area contributed by atoms with Crippen LogP contribution in [0.2, 0.25) is 0 Å². The van der Waals surface area contributed by atoms with E-state index in [0.29, 0.717) is 0 Å². The Morgan fingerprint density at radius 1 is 1.17 bits per heavy atom. The van der Waals surface area contributed by atoms with E-state index >= 15 is 0 Å². The van der Waals surface area contributed by atoms with Crippen molar-refractivity contribution in [2.45, 2.75) is 59.4 Å². The topological polar surface area (TPSA) is 12.0 Å². The van der Waals surface area contributed by atoms with Crippen LogP contribution in [0, 0.1) is 5.92 Å². The van der Waals surface area contributed by atoms with E-state index in [-0.39, 0.29) is 0 Å². The maximum Gasteiger partial charge on any atom is 0.00671 e. The van der Waals surface area contributed by atoms with Crippen molar-refractivity contribution >= 4 is 0 Å². The predicted octanol–water partition coefficient (Wildman–Crippen LogP) is 3.20. The summed E-state index contributed by atoms with van der Waals surface area (Å²) in [5.74, 6) is 0.806. The van der Waals surface area contributed by atoms with Crippen LogP contribution in [-0.2, 0) is 0 Å². The van der Waals surface area contributed by atoms with Gasteiger partial charge in [-0.15, -0.1) is 0 Å². The van der Waals surface area contributed by atoms with E-state index in [4.69, 9.17) is 0 Å². The third-order valence-corrected chi connectivity index (χ3v) is 2.17. The van der Waals surface area contributed by atoms with Crippen LogP contribution in [0.1, 0.15) is 53.4 Å². The highest BCUT2D eigenvalue weighted by molar-refractivity contribution is 4.73. The fourth-order valence-corrected chi connectivity index (χ4v) is 1.53. The number of hydrogen-bond donors (Lipinski definition) is 1. The highest BCUT2D eigenvalue weighted by Gasteiger charge is 2.13. The fraction of sp³-hybridized carbons (Fsp3) is 1.00. The number of hydrogen-bond acceptors (Lipinski definition) is 1. The summed E-state index contributed by atoms with van der Waals surface area (Å²) in [6.07, 6.45) is 5.70. The van der Waals surface area contributed by atoms with Crippen molar-refractivity contribution in [3.63, 3.8) is 0 Å². The number of nitrogens with one attached hydrogen (secondary N) is 1. The van der Waals surface area contributed by atoms with Gasteiger partial charge in [0.15, 0.2) is 0 Å². The summed E-state index contributed by atoms with van der Waals surface area (Å²) in [5, 5.41) is 3.58. The molecule has 1 N–H and O–H groups in total. The zero-order chi connectivity index (χ0) is 9.40. The molecule has 1 aliphatic rings. The summed E-state index contributed by atoms with van der Waals surface area (Å²) in [5.41, 5.74) is 0. The van der Waals surface area contributed by atoms with E-state index in [0.717, 1.165) is 12.0 Å². The van der Waals surface area contributed by atoms with Gasteiger partial charge in [0.1, 0.15) is 0 Å². The third kappa shape index (κ3) is 5.59. The summed E-state index contributed by atoms with van der Waals surface area (Å²) in [4.78, 5) is 0. The van der Waals surface area contributed by atoms with Crippen molar-refractivity contribution in [1.29, 1.82) is 0 Å². The highest BCUT2D eigenvalue weighted by Crippen LogP contribution is 2.17. The lowest BCUT2D eigenvalue weighted by Crippen LogP contribution is -2.29. The zero-order valence-electron chi connectivity index (χ0n) is 9.19. The molecule has 0 aliphatic heterocycles. The minimum atomic E-state index is 0.806. The van der Waals surface area contributed by atoms with E-state index in [1.807, 2.05) is 13.8 Å². The van der Waals surface area contributed by atoms with Gasteiger partial charge >= 0.3 is 0 Å². The normalized spacial score (nSPS) is 17.8. The minimum Gasteiger partial charge on any atom is -0.314 e. The van der Waals surface area contributed by atoms with Gasteiger partial charge in [-0.2, -0.15) is 0 Å². The van der Waals surface area contributed by atoms with Crippen LogP contribution in [0.5, 0.6) is 0 Å². The molecular formula is C11H25N. The van der Waals surface area contributed by atoms with Crippen LogP contribution < -0.4 is 5.32 Å². The van der Waals surface area contributed by atoms with Gasteiger partial charge < -0.3 is 5.32 Å². The summed E-state index contributed by atoms with van der Waals surface area (Å²) < 4.78 is 0. The molecule has 74 valence electrons. The Labute approximate surface area is 77.9 Å². The Balaban J connectivity index is 0.000000561. The van der Waals surface area contributed by atoms with Gasteiger partial charge in [-0.1, -0.05) is 40.5 Å². The molecule has 1 heteroatoms. The van der Waals surface area contributed by atoms with E-state index in [1.165, 1.54) is 32.2 Å². The molecule has 0 amide bonds. The average molecular weight is 171 g/mol. The molecule has 1 nitrogen and oxygen atoms in total. The Hall–Kier alpha value is -0.0400. The van der Waals surface area contributed by atoms with Gasteiger partial charge in [0.25, 0.3) is 0 Å². The molecule has 1 aliphatic carbocycles. The van der Waals surface area contributed by atoms with Crippen molar-refractivity contribution in [3.8, 4) is 0 Å². The first-order chi connectivity index (χ1) is 5.79. The smallest absolute Gasteiger partial charge is 0.00671 e. The Bertz CT molecular complexity index is 83.0. The third-order valence-electron chi connectivity index (χ3n) is 2.17. The van der Waals surface area contributed by atoms with Gasteiger partial charge in [0, 0.05) is 6.04 Å². The summed E-state index contributed by atoms with van der Waals surface area (Å²) in [6.45, 7) is 9.73. The summed E-state index contributed by atoms with van der Waals surface area (Å²) >= 11 is 0. The van der Waals surface area contributed by atoms with E-state index in [2.05, 4.69) is 19.2 Å². The molecule has 0 aromatic heterocycles. The lowest BCUT2D eigenvalue weighted by molar-refractivity contribution is 0.469. The molecule has 0 unspecified atom stereocenters. The van der Waals surface area contributed by atoms with Crippen molar-refractivity contribution in [2.75, 3.05) is 6.54 Å². The SMILES string of the molecule is CC.CC(C)CNC1CCCC1. The first kappa shape index (κ1) is 12.0. The van der Waals surface area contributed by atoms with E-state index < -0.39 is 0 Å². The molecule has 0 saturated heterocycles. The van der Waals surface area contributed by atoms with E-state index in [9.17, 15) is 0 Å². The fourth-order valence-electron chi connectivity index (χ4n) is 1.53. The second-order valence-electron chi connectivity index (χ2n) is 3.78. The molecule has 0 atom stereocenters. The lowest BCUT2D eigenvalue weighted by Gasteiger charge is -2.13. The molecular weight excluding hydrogens is 146 g/mol. The molecule has 1 fully saturated rings. The van der Waals surface area contributed by atoms with Crippen LogP contribution in [0.25, 0.3) is 0 Å². The predicted molar refractivity (Wildman–Crippen MR) is 56.4 cm³/mol. The van der Waals surface area contributed by atoms with E-state index in [1.54, 1.807) is 0 Å². The molecule has 0 aromatic rings. The second kappa shape index (κ2) is 7.60. The van der Waals surface area contributed by atoms with Crippen LogP contribution >= 0.6 is 0 Å². The molecule has 1 rings (SSSR count). The van der Waals surface area contributed by atoms with Gasteiger partial charge in [-0.25, -0.2) is 0 Å². The molecule has 0 radical (unpaired) electrons.